The predicted octanol–water partition coefficient (Wildman–Crippen LogP) is 2.69. The molecule has 0 spiro atoms. The van der Waals surface area contributed by atoms with E-state index in [-0.39, 0.29) is 6.09 Å². The molecular formula is C17H25N3O2. The topological polar surface area (TPSA) is 45.7 Å². The third-order valence-electron chi connectivity index (χ3n) is 4.36. The normalized spacial score (nSPS) is 24.5. The molecule has 2 unspecified atom stereocenters. The summed E-state index contributed by atoms with van der Waals surface area (Å²) >= 11 is 0. The van der Waals surface area contributed by atoms with Gasteiger partial charge in [0.15, 0.2) is 0 Å². The van der Waals surface area contributed by atoms with Crippen molar-refractivity contribution in [2.24, 2.45) is 11.8 Å². The first-order valence-corrected chi connectivity index (χ1v) is 7.97. The van der Waals surface area contributed by atoms with Crippen LogP contribution < -0.4 is 4.90 Å². The number of ether oxygens (including phenoxy) is 1. The lowest BCUT2D eigenvalue weighted by Gasteiger charge is -2.26. The van der Waals surface area contributed by atoms with Crippen molar-refractivity contribution in [3.05, 3.63) is 23.9 Å². The number of carbonyl (C=O) groups is 1. The van der Waals surface area contributed by atoms with E-state index in [1.807, 2.05) is 38.8 Å². The van der Waals surface area contributed by atoms with Gasteiger partial charge in [0.2, 0.25) is 0 Å². The molecule has 2 aliphatic heterocycles. The summed E-state index contributed by atoms with van der Waals surface area (Å²) in [6.07, 6.45) is 1.73. The predicted molar refractivity (Wildman–Crippen MR) is 86.0 cm³/mol. The van der Waals surface area contributed by atoms with Gasteiger partial charge in [-0.25, -0.2) is 9.78 Å². The van der Waals surface area contributed by atoms with Crippen LogP contribution >= 0.6 is 0 Å². The number of likely N-dealkylation sites (tertiary alicyclic amines) is 1. The van der Waals surface area contributed by atoms with E-state index in [1.54, 1.807) is 0 Å². The van der Waals surface area contributed by atoms with Gasteiger partial charge in [-0.3, -0.25) is 0 Å². The average molecular weight is 303 g/mol. The molecule has 2 saturated heterocycles. The summed E-state index contributed by atoms with van der Waals surface area (Å²) in [7, 11) is 0. The smallest absolute Gasteiger partial charge is 0.410 e. The number of hydrogen-bond acceptors (Lipinski definition) is 4. The Morgan fingerprint density at radius 3 is 2.32 bits per heavy atom. The standard InChI is InChI=1S/C17H25N3O2/c1-12-5-6-15(18-7-12)19-8-13-10-20(11-14(13)9-19)16(21)22-17(2,3)4/h5-7,13-14H,8-11H2,1-4H3. The Morgan fingerprint density at radius 2 is 1.82 bits per heavy atom. The summed E-state index contributed by atoms with van der Waals surface area (Å²) in [4.78, 5) is 20.9. The number of pyridine rings is 1. The van der Waals surface area contributed by atoms with Gasteiger partial charge < -0.3 is 14.5 Å². The number of aromatic nitrogens is 1. The molecule has 5 heteroatoms. The summed E-state index contributed by atoms with van der Waals surface area (Å²) in [6, 6.07) is 4.19. The molecule has 1 aromatic heterocycles. The maximum absolute atomic E-state index is 12.2. The van der Waals surface area contributed by atoms with Gasteiger partial charge in [0.05, 0.1) is 0 Å². The second-order valence-corrected chi connectivity index (χ2v) is 7.50. The number of anilines is 1. The van der Waals surface area contributed by atoms with Crippen LogP contribution in [0.2, 0.25) is 0 Å². The van der Waals surface area contributed by atoms with E-state index in [0.717, 1.165) is 32.0 Å². The van der Waals surface area contributed by atoms with Gasteiger partial charge in [-0.2, -0.15) is 0 Å². The highest BCUT2D eigenvalue weighted by Gasteiger charge is 2.42. The highest BCUT2D eigenvalue weighted by atomic mass is 16.6. The number of fused-ring (bicyclic) bond motifs is 1. The molecule has 2 aliphatic rings. The van der Waals surface area contributed by atoms with Gasteiger partial charge in [0.25, 0.3) is 0 Å². The summed E-state index contributed by atoms with van der Waals surface area (Å²) in [5.74, 6) is 2.09. The van der Waals surface area contributed by atoms with E-state index in [4.69, 9.17) is 4.74 Å². The van der Waals surface area contributed by atoms with Crippen LogP contribution in [0.5, 0.6) is 0 Å². The lowest BCUT2D eigenvalue weighted by Crippen LogP contribution is -2.37. The van der Waals surface area contributed by atoms with E-state index in [2.05, 4.69) is 22.0 Å². The van der Waals surface area contributed by atoms with Crippen LogP contribution in [-0.2, 0) is 4.74 Å². The highest BCUT2D eigenvalue weighted by molar-refractivity contribution is 5.68. The van der Waals surface area contributed by atoms with Crippen LogP contribution in [0.1, 0.15) is 26.3 Å². The number of aryl methyl sites for hydroxylation is 1. The second-order valence-electron chi connectivity index (χ2n) is 7.50. The zero-order valence-corrected chi connectivity index (χ0v) is 13.9. The van der Waals surface area contributed by atoms with Crippen molar-refractivity contribution >= 4 is 11.9 Å². The van der Waals surface area contributed by atoms with Crippen molar-refractivity contribution in [3.8, 4) is 0 Å². The van der Waals surface area contributed by atoms with Gasteiger partial charge >= 0.3 is 6.09 Å². The van der Waals surface area contributed by atoms with Crippen molar-refractivity contribution < 1.29 is 9.53 Å². The molecule has 0 N–H and O–H groups in total. The first kappa shape index (κ1) is 15.1. The van der Waals surface area contributed by atoms with Crippen LogP contribution in [0.3, 0.4) is 0 Å². The van der Waals surface area contributed by atoms with Gasteiger partial charge in [-0.1, -0.05) is 6.07 Å². The Bertz CT molecular complexity index is 536. The molecule has 0 aliphatic carbocycles. The molecule has 22 heavy (non-hydrogen) atoms. The molecule has 1 aromatic rings. The lowest BCUT2D eigenvalue weighted by atomic mass is 10.0. The maximum Gasteiger partial charge on any atom is 0.410 e. The summed E-state index contributed by atoms with van der Waals surface area (Å²) < 4.78 is 5.47. The fourth-order valence-corrected chi connectivity index (χ4v) is 3.30. The molecule has 3 rings (SSSR count). The van der Waals surface area contributed by atoms with Crippen molar-refractivity contribution in [2.45, 2.75) is 33.3 Å². The van der Waals surface area contributed by atoms with E-state index in [1.165, 1.54) is 5.56 Å². The van der Waals surface area contributed by atoms with Crippen molar-refractivity contribution in [3.63, 3.8) is 0 Å². The number of hydrogen-bond donors (Lipinski definition) is 0. The Hall–Kier alpha value is -1.78. The quantitative estimate of drug-likeness (QED) is 0.800. The SMILES string of the molecule is Cc1ccc(N2CC3CN(C(=O)OC(C)(C)C)CC3C2)nc1. The van der Waals surface area contributed by atoms with Crippen LogP contribution in [0.4, 0.5) is 10.6 Å². The zero-order chi connectivity index (χ0) is 15.9. The molecule has 5 nitrogen and oxygen atoms in total. The van der Waals surface area contributed by atoms with E-state index < -0.39 is 5.60 Å². The molecule has 120 valence electrons. The largest absolute Gasteiger partial charge is 0.444 e. The van der Waals surface area contributed by atoms with Gasteiger partial charge in [-0.15, -0.1) is 0 Å². The highest BCUT2D eigenvalue weighted by Crippen LogP contribution is 2.33. The first-order chi connectivity index (χ1) is 10.3. The van der Waals surface area contributed by atoms with Crippen molar-refractivity contribution in [1.29, 1.82) is 0 Å². The van der Waals surface area contributed by atoms with Crippen LogP contribution in [0.15, 0.2) is 18.3 Å². The Labute approximate surface area is 132 Å². The Balaban J connectivity index is 1.58. The Morgan fingerprint density at radius 1 is 1.18 bits per heavy atom. The van der Waals surface area contributed by atoms with Gasteiger partial charge in [0, 0.05) is 44.2 Å². The average Bonchev–Trinajstić information content (AvgIpc) is 2.95. The van der Waals surface area contributed by atoms with E-state index >= 15 is 0 Å². The molecule has 0 radical (unpaired) electrons. The minimum atomic E-state index is -0.424. The zero-order valence-electron chi connectivity index (χ0n) is 13.9. The molecule has 0 saturated carbocycles. The van der Waals surface area contributed by atoms with E-state index in [0.29, 0.717) is 11.8 Å². The molecule has 2 atom stereocenters. The van der Waals surface area contributed by atoms with Gasteiger partial charge in [-0.05, 0) is 39.3 Å². The molecular weight excluding hydrogens is 278 g/mol. The Kier molecular flexibility index (Phi) is 3.75. The molecule has 3 heterocycles. The van der Waals surface area contributed by atoms with Crippen LogP contribution in [0.25, 0.3) is 0 Å². The molecule has 1 amide bonds. The number of nitrogens with zero attached hydrogens (tertiary/aromatic N) is 3. The number of carbonyl (C=O) groups excluding carboxylic acids is 1. The minimum Gasteiger partial charge on any atom is -0.444 e. The second kappa shape index (κ2) is 5.45. The molecule has 2 fully saturated rings. The fourth-order valence-electron chi connectivity index (χ4n) is 3.30. The van der Waals surface area contributed by atoms with E-state index in [9.17, 15) is 4.79 Å². The van der Waals surface area contributed by atoms with Gasteiger partial charge in [0.1, 0.15) is 11.4 Å². The maximum atomic E-state index is 12.2. The third-order valence-corrected chi connectivity index (χ3v) is 4.36. The molecule has 0 aromatic carbocycles. The van der Waals surface area contributed by atoms with Crippen molar-refractivity contribution in [1.82, 2.24) is 9.88 Å². The van der Waals surface area contributed by atoms with Crippen LogP contribution in [-0.4, -0.2) is 47.8 Å². The minimum absolute atomic E-state index is 0.179. The summed E-state index contributed by atoms with van der Waals surface area (Å²) in [5, 5.41) is 0. The summed E-state index contributed by atoms with van der Waals surface area (Å²) in [6.45, 7) is 11.3. The first-order valence-electron chi connectivity index (χ1n) is 7.97. The lowest BCUT2D eigenvalue weighted by molar-refractivity contribution is 0.0282. The van der Waals surface area contributed by atoms with Crippen molar-refractivity contribution in [2.75, 3.05) is 31.1 Å². The third kappa shape index (κ3) is 3.18. The number of amides is 1. The fraction of sp³-hybridized carbons (Fsp3) is 0.647. The van der Waals surface area contributed by atoms with Crippen LogP contribution in [0, 0.1) is 18.8 Å². The monoisotopic (exact) mass is 303 g/mol. The summed E-state index contributed by atoms with van der Waals surface area (Å²) in [5.41, 5.74) is 0.756. The molecule has 0 bridgehead atoms. The number of rotatable bonds is 1.